The van der Waals surface area contributed by atoms with Crippen molar-refractivity contribution in [3.63, 3.8) is 0 Å². The molecule has 4 nitrogen and oxygen atoms in total. The molecule has 0 aromatic heterocycles. The predicted octanol–water partition coefficient (Wildman–Crippen LogP) is 2.93. The molecule has 1 saturated carbocycles. The zero-order chi connectivity index (χ0) is 17.6. The summed E-state index contributed by atoms with van der Waals surface area (Å²) in [5.74, 6) is 1.76. The zero-order valence-electron chi connectivity index (χ0n) is 15.9. The van der Waals surface area contributed by atoms with Gasteiger partial charge in [-0.15, -0.1) is 0 Å². The maximum absolute atomic E-state index is 10.3. The number of benzene rings is 1. The van der Waals surface area contributed by atoms with Crippen molar-refractivity contribution >= 4 is 0 Å². The second kappa shape index (κ2) is 9.02. The molecule has 25 heavy (non-hydrogen) atoms. The fraction of sp³-hybridized carbons (Fsp3) is 0.714. The molecule has 0 radical (unpaired) electrons. The molecule has 1 unspecified atom stereocenters. The van der Waals surface area contributed by atoms with Crippen molar-refractivity contribution in [2.75, 3.05) is 39.3 Å². The monoisotopic (exact) mass is 346 g/mol. The Morgan fingerprint density at radius 2 is 1.84 bits per heavy atom. The predicted molar refractivity (Wildman–Crippen MR) is 102 cm³/mol. The van der Waals surface area contributed by atoms with Gasteiger partial charge >= 0.3 is 0 Å². The molecule has 0 amide bonds. The molecule has 1 aliphatic carbocycles. The number of β-amino-alcohol motifs (C(OH)–C–C–N with tert-alkyl or cyclic N) is 1. The standard InChI is InChI=1S/C21H34N2O2/c1-17-6-8-19(9-7-17)23-12-10-22(11-13-23)15-20(24)16-25-21-5-3-4-18(2)14-21/h3-5,14,17,19-20,24H,6-13,15-16H2,1-2H3. The van der Waals surface area contributed by atoms with Gasteiger partial charge in [-0.1, -0.05) is 19.1 Å². The minimum atomic E-state index is -0.428. The first kappa shape index (κ1) is 18.7. The molecule has 2 aliphatic rings. The van der Waals surface area contributed by atoms with E-state index in [4.69, 9.17) is 4.74 Å². The van der Waals surface area contributed by atoms with Crippen LogP contribution < -0.4 is 4.74 Å². The smallest absolute Gasteiger partial charge is 0.119 e. The van der Waals surface area contributed by atoms with E-state index in [1.807, 2.05) is 18.2 Å². The van der Waals surface area contributed by atoms with E-state index in [0.29, 0.717) is 13.2 Å². The molecule has 1 atom stereocenters. The fourth-order valence-corrected chi connectivity index (χ4v) is 4.17. The largest absolute Gasteiger partial charge is 0.491 e. The highest BCUT2D eigenvalue weighted by Gasteiger charge is 2.27. The molecule has 3 rings (SSSR count). The molecule has 1 N–H and O–H groups in total. The Morgan fingerprint density at radius 1 is 1.12 bits per heavy atom. The van der Waals surface area contributed by atoms with E-state index in [9.17, 15) is 5.11 Å². The van der Waals surface area contributed by atoms with Crippen molar-refractivity contribution in [3.8, 4) is 5.75 Å². The number of aliphatic hydroxyl groups excluding tert-OH is 1. The summed E-state index contributed by atoms with van der Waals surface area (Å²) in [5.41, 5.74) is 1.18. The Morgan fingerprint density at radius 3 is 2.52 bits per heavy atom. The van der Waals surface area contributed by atoms with Crippen molar-refractivity contribution in [3.05, 3.63) is 29.8 Å². The van der Waals surface area contributed by atoms with Gasteiger partial charge in [-0.25, -0.2) is 0 Å². The van der Waals surface area contributed by atoms with Gasteiger partial charge in [0.2, 0.25) is 0 Å². The SMILES string of the molecule is Cc1cccc(OCC(O)CN2CCN(C3CCC(C)CC3)CC2)c1. The Labute approximate surface area is 152 Å². The highest BCUT2D eigenvalue weighted by Crippen LogP contribution is 2.27. The minimum Gasteiger partial charge on any atom is -0.491 e. The van der Waals surface area contributed by atoms with Crippen LogP contribution in [-0.4, -0.2) is 66.4 Å². The topological polar surface area (TPSA) is 35.9 Å². The number of nitrogens with zero attached hydrogens (tertiary/aromatic N) is 2. The van der Waals surface area contributed by atoms with Crippen molar-refractivity contribution in [1.82, 2.24) is 9.80 Å². The second-order valence-corrected chi connectivity index (χ2v) is 8.03. The number of piperazine rings is 1. The van der Waals surface area contributed by atoms with Gasteiger partial charge in [0, 0.05) is 38.8 Å². The van der Waals surface area contributed by atoms with Gasteiger partial charge in [-0.05, 0) is 56.2 Å². The van der Waals surface area contributed by atoms with Crippen LogP contribution in [0, 0.1) is 12.8 Å². The van der Waals surface area contributed by atoms with Crippen LogP contribution >= 0.6 is 0 Å². The van der Waals surface area contributed by atoms with Gasteiger partial charge in [-0.2, -0.15) is 0 Å². The summed E-state index contributed by atoms with van der Waals surface area (Å²) < 4.78 is 5.73. The van der Waals surface area contributed by atoms with Crippen LogP contribution in [0.2, 0.25) is 0 Å². The Hall–Kier alpha value is -1.10. The molecule has 0 spiro atoms. The maximum Gasteiger partial charge on any atom is 0.119 e. The zero-order valence-corrected chi connectivity index (χ0v) is 15.9. The lowest BCUT2D eigenvalue weighted by atomic mass is 9.86. The molecule has 4 heteroatoms. The Balaban J connectivity index is 1.35. The molecule has 1 aliphatic heterocycles. The highest BCUT2D eigenvalue weighted by molar-refractivity contribution is 5.27. The molecule has 0 bridgehead atoms. The third-order valence-corrected chi connectivity index (χ3v) is 5.81. The summed E-state index contributed by atoms with van der Waals surface area (Å²) in [6.45, 7) is 9.92. The lowest BCUT2D eigenvalue weighted by molar-refractivity contribution is 0.0290. The normalized spacial score (nSPS) is 27.2. The van der Waals surface area contributed by atoms with Crippen LogP contribution in [0.1, 0.15) is 38.2 Å². The summed E-state index contributed by atoms with van der Waals surface area (Å²) in [7, 11) is 0. The van der Waals surface area contributed by atoms with E-state index >= 15 is 0 Å². The maximum atomic E-state index is 10.3. The van der Waals surface area contributed by atoms with Crippen molar-refractivity contribution < 1.29 is 9.84 Å². The van der Waals surface area contributed by atoms with Crippen molar-refractivity contribution in [2.45, 2.75) is 51.7 Å². The average molecular weight is 347 g/mol. The van der Waals surface area contributed by atoms with Crippen LogP contribution in [0.4, 0.5) is 0 Å². The van der Waals surface area contributed by atoms with E-state index in [1.54, 1.807) is 0 Å². The summed E-state index contributed by atoms with van der Waals surface area (Å²) in [5, 5.41) is 10.3. The Kier molecular flexibility index (Phi) is 6.74. The molecule has 1 heterocycles. The molecular weight excluding hydrogens is 312 g/mol. The second-order valence-electron chi connectivity index (χ2n) is 8.03. The summed E-state index contributed by atoms with van der Waals surface area (Å²) in [6.07, 6.45) is 5.09. The van der Waals surface area contributed by atoms with Gasteiger partial charge in [0.25, 0.3) is 0 Å². The van der Waals surface area contributed by atoms with E-state index in [0.717, 1.165) is 43.9 Å². The van der Waals surface area contributed by atoms with Crippen LogP contribution in [0.3, 0.4) is 0 Å². The lowest BCUT2D eigenvalue weighted by Crippen LogP contribution is -2.52. The lowest BCUT2D eigenvalue weighted by Gasteiger charge is -2.42. The molecule has 1 aromatic carbocycles. The average Bonchev–Trinajstić information content (AvgIpc) is 2.62. The number of hydrogen-bond acceptors (Lipinski definition) is 4. The van der Waals surface area contributed by atoms with Crippen molar-refractivity contribution in [2.24, 2.45) is 5.92 Å². The molecule has 140 valence electrons. The Bertz CT molecular complexity index is 520. The van der Waals surface area contributed by atoms with Crippen LogP contribution in [0.5, 0.6) is 5.75 Å². The van der Waals surface area contributed by atoms with E-state index < -0.39 is 6.10 Å². The quantitative estimate of drug-likeness (QED) is 0.859. The number of hydrogen-bond donors (Lipinski definition) is 1. The van der Waals surface area contributed by atoms with Gasteiger partial charge in [0.1, 0.15) is 18.5 Å². The number of aryl methyl sites for hydroxylation is 1. The number of aliphatic hydroxyl groups is 1. The van der Waals surface area contributed by atoms with Crippen LogP contribution in [0.15, 0.2) is 24.3 Å². The van der Waals surface area contributed by atoms with Crippen molar-refractivity contribution in [1.29, 1.82) is 0 Å². The third kappa shape index (κ3) is 5.70. The third-order valence-electron chi connectivity index (χ3n) is 5.81. The number of rotatable bonds is 6. The van der Waals surface area contributed by atoms with E-state index in [2.05, 4.69) is 29.7 Å². The minimum absolute atomic E-state index is 0.365. The van der Waals surface area contributed by atoms with E-state index in [1.165, 1.54) is 31.2 Å². The van der Waals surface area contributed by atoms with Gasteiger partial charge < -0.3 is 9.84 Å². The van der Waals surface area contributed by atoms with Gasteiger partial charge in [-0.3, -0.25) is 9.80 Å². The molecular formula is C21H34N2O2. The first-order valence-electron chi connectivity index (χ1n) is 9.94. The fourth-order valence-electron chi connectivity index (χ4n) is 4.17. The van der Waals surface area contributed by atoms with Crippen LogP contribution in [-0.2, 0) is 0 Å². The molecule has 1 saturated heterocycles. The summed E-state index contributed by atoms with van der Waals surface area (Å²) in [6, 6.07) is 8.80. The van der Waals surface area contributed by atoms with Gasteiger partial charge in [0.15, 0.2) is 0 Å². The van der Waals surface area contributed by atoms with E-state index in [-0.39, 0.29) is 0 Å². The first-order valence-corrected chi connectivity index (χ1v) is 9.94. The van der Waals surface area contributed by atoms with Gasteiger partial charge in [0.05, 0.1) is 0 Å². The molecule has 2 fully saturated rings. The highest BCUT2D eigenvalue weighted by atomic mass is 16.5. The number of ether oxygens (including phenoxy) is 1. The first-order chi connectivity index (χ1) is 12.1. The summed E-state index contributed by atoms with van der Waals surface area (Å²) in [4.78, 5) is 5.06. The molecule has 1 aromatic rings. The van der Waals surface area contributed by atoms with Crippen LogP contribution in [0.25, 0.3) is 0 Å². The summed E-state index contributed by atoms with van der Waals surface area (Å²) >= 11 is 0.